The highest BCUT2D eigenvalue weighted by Gasteiger charge is 2.12. The van der Waals surface area contributed by atoms with E-state index in [4.69, 9.17) is 11.6 Å². The number of thiophene rings is 1. The van der Waals surface area contributed by atoms with Crippen LogP contribution in [0, 0.1) is 6.92 Å². The summed E-state index contributed by atoms with van der Waals surface area (Å²) in [6.45, 7) is 2.03. The van der Waals surface area contributed by atoms with E-state index in [0.29, 0.717) is 25.9 Å². The molecular formula is C15H12ClN3OS2. The number of H-pyrrole nitrogens is 1. The Morgan fingerprint density at radius 2 is 2.23 bits per heavy atom. The van der Waals surface area contributed by atoms with Gasteiger partial charge in [-0.2, -0.15) is 0 Å². The van der Waals surface area contributed by atoms with E-state index < -0.39 is 0 Å². The number of Topliss-reactive ketones (excluding diaryl/α,β-unsaturated/α-hetero) is 1. The summed E-state index contributed by atoms with van der Waals surface area (Å²) in [5.74, 6) is 1.03. The molecule has 0 unspecified atom stereocenters. The lowest BCUT2D eigenvalue weighted by molar-refractivity contribution is 0.102. The SMILES string of the molecule is Cc1cccc(-c2nc(SCC(=O)c3ccc(Cl)s3)n[nH]2)c1. The van der Waals surface area contributed by atoms with Crippen molar-refractivity contribution in [2.75, 3.05) is 5.75 Å². The second-order valence-electron chi connectivity index (χ2n) is 4.65. The zero-order chi connectivity index (χ0) is 15.5. The van der Waals surface area contributed by atoms with Crippen molar-refractivity contribution in [3.63, 3.8) is 0 Å². The molecule has 0 amide bonds. The van der Waals surface area contributed by atoms with Gasteiger partial charge in [-0.15, -0.1) is 16.4 Å². The van der Waals surface area contributed by atoms with Crippen LogP contribution in [0.25, 0.3) is 11.4 Å². The van der Waals surface area contributed by atoms with Crippen molar-refractivity contribution < 1.29 is 4.79 Å². The Bertz CT molecular complexity index is 812. The van der Waals surface area contributed by atoms with Crippen LogP contribution in [-0.4, -0.2) is 26.7 Å². The van der Waals surface area contributed by atoms with Crippen molar-refractivity contribution in [1.29, 1.82) is 0 Å². The Balaban J connectivity index is 1.66. The third kappa shape index (κ3) is 3.58. The third-order valence-electron chi connectivity index (χ3n) is 2.94. The van der Waals surface area contributed by atoms with E-state index in [1.165, 1.54) is 23.1 Å². The molecule has 1 aromatic carbocycles. The first-order chi connectivity index (χ1) is 10.6. The molecule has 7 heteroatoms. The van der Waals surface area contributed by atoms with E-state index in [1.807, 2.05) is 31.2 Å². The standard InChI is InChI=1S/C15H12ClN3OS2/c1-9-3-2-4-10(7-9)14-17-15(19-18-14)21-8-11(20)12-5-6-13(16)22-12/h2-7H,8H2,1H3,(H,17,18,19). The summed E-state index contributed by atoms with van der Waals surface area (Å²) < 4.78 is 0.618. The highest BCUT2D eigenvalue weighted by molar-refractivity contribution is 7.99. The topological polar surface area (TPSA) is 58.6 Å². The highest BCUT2D eigenvalue weighted by Crippen LogP contribution is 2.25. The number of aryl methyl sites for hydroxylation is 1. The number of carbonyl (C=O) groups is 1. The Kier molecular flexibility index (Phi) is 4.61. The molecular weight excluding hydrogens is 338 g/mol. The molecule has 3 rings (SSSR count). The number of aromatic nitrogens is 3. The van der Waals surface area contributed by atoms with Gasteiger partial charge < -0.3 is 0 Å². The molecule has 0 bridgehead atoms. The number of hydrogen-bond acceptors (Lipinski definition) is 5. The van der Waals surface area contributed by atoms with Crippen LogP contribution in [0.2, 0.25) is 4.34 Å². The molecule has 4 nitrogen and oxygen atoms in total. The first-order valence-electron chi connectivity index (χ1n) is 6.52. The summed E-state index contributed by atoms with van der Waals surface area (Å²) in [5.41, 5.74) is 2.14. The second kappa shape index (κ2) is 6.64. The Morgan fingerprint density at radius 1 is 1.36 bits per heavy atom. The van der Waals surface area contributed by atoms with Gasteiger partial charge in [0.25, 0.3) is 0 Å². The number of nitrogens with one attached hydrogen (secondary N) is 1. The van der Waals surface area contributed by atoms with Crippen LogP contribution in [0.5, 0.6) is 0 Å². The maximum atomic E-state index is 12.0. The summed E-state index contributed by atoms with van der Waals surface area (Å²) >= 11 is 8.44. The predicted octanol–water partition coefficient (Wildman–Crippen LogP) is 4.47. The van der Waals surface area contributed by atoms with Gasteiger partial charge in [0.05, 0.1) is 15.0 Å². The third-order valence-corrected chi connectivity index (χ3v) is 5.06. The van der Waals surface area contributed by atoms with Gasteiger partial charge in [-0.25, -0.2) is 4.98 Å². The van der Waals surface area contributed by atoms with E-state index in [2.05, 4.69) is 15.2 Å². The van der Waals surface area contributed by atoms with E-state index in [-0.39, 0.29) is 5.78 Å². The van der Waals surface area contributed by atoms with Gasteiger partial charge in [-0.1, -0.05) is 47.1 Å². The number of aromatic amines is 1. The molecule has 0 saturated heterocycles. The van der Waals surface area contributed by atoms with Crippen LogP contribution < -0.4 is 0 Å². The van der Waals surface area contributed by atoms with E-state index in [0.717, 1.165) is 11.1 Å². The molecule has 0 fully saturated rings. The summed E-state index contributed by atoms with van der Waals surface area (Å²) in [7, 11) is 0. The lowest BCUT2D eigenvalue weighted by atomic mass is 10.1. The van der Waals surface area contributed by atoms with E-state index in [9.17, 15) is 4.79 Å². The monoisotopic (exact) mass is 349 g/mol. The van der Waals surface area contributed by atoms with Gasteiger partial charge in [-0.05, 0) is 25.1 Å². The molecule has 0 aliphatic carbocycles. The molecule has 0 radical (unpaired) electrons. The second-order valence-corrected chi connectivity index (χ2v) is 7.31. The lowest BCUT2D eigenvalue weighted by Crippen LogP contribution is -1.99. The number of hydrogen-bond donors (Lipinski definition) is 1. The molecule has 0 aliphatic heterocycles. The van der Waals surface area contributed by atoms with Crippen molar-refractivity contribution in [2.45, 2.75) is 12.1 Å². The van der Waals surface area contributed by atoms with Gasteiger partial charge in [0, 0.05) is 5.56 Å². The summed E-state index contributed by atoms with van der Waals surface area (Å²) in [5, 5.41) is 7.61. The maximum Gasteiger partial charge on any atom is 0.209 e. The molecule has 2 aromatic heterocycles. The van der Waals surface area contributed by atoms with Crippen molar-refractivity contribution in [2.24, 2.45) is 0 Å². The van der Waals surface area contributed by atoms with Crippen molar-refractivity contribution in [1.82, 2.24) is 15.2 Å². The van der Waals surface area contributed by atoms with Crippen LogP contribution in [0.3, 0.4) is 0 Å². The number of carbonyl (C=O) groups excluding carboxylic acids is 1. The van der Waals surface area contributed by atoms with Crippen molar-refractivity contribution in [3.05, 3.63) is 51.2 Å². The molecule has 0 spiro atoms. The number of thioether (sulfide) groups is 1. The predicted molar refractivity (Wildman–Crippen MR) is 90.9 cm³/mol. The maximum absolute atomic E-state index is 12.0. The van der Waals surface area contributed by atoms with Crippen molar-refractivity contribution in [3.8, 4) is 11.4 Å². The minimum Gasteiger partial charge on any atom is -0.292 e. The van der Waals surface area contributed by atoms with E-state index in [1.54, 1.807) is 12.1 Å². The van der Waals surface area contributed by atoms with Gasteiger partial charge in [0.1, 0.15) is 0 Å². The quantitative estimate of drug-likeness (QED) is 0.545. The largest absolute Gasteiger partial charge is 0.292 e. The number of ketones is 1. The molecule has 112 valence electrons. The average molecular weight is 350 g/mol. The fourth-order valence-corrected chi connectivity index (χ4v) is 3.65. The highest BCUT2D eigenvalue weighted by atomic mass is 35.5. The number of halogens is 1. The Hall–Kier alpha value is -1.63. The Labute approximate surface area is 140 Å². The molecule has 22 heavy (non-hydrogen) atoms. The zero-order valence-corrected chi connectivity index (χ0v) is 14.1. The number of benzene rings is 1. The average Bonchev–Trinajstić information content (AvgIpc) is 3.14. The first kappa shape index (κ1) is 15.3. The van der Waals surface area contributed by atoms with Crippen LogP contribution in [0.4, 0.5) is 0 Å². The molecule has 0 saturated carbocycles. The summed E-state index contributed by atoms with van der Waals surface area (Å²) in [6.07, 6.45) is 0. The minimum absolute atomic E-state index is 0.0313. The van der Waals surface area contributed by atoms with E-state index >= 15 is 0 Å². The Morgan fingerprint density at radius 3 is 2.95 bits per heavy atom. The van der Waals surface area contributed by atoms with Crippen LogP contribution in [-0.2, 0) is 0 Å². The van der Waals surface area contributed by atoms with Gasteiger partial charge in [-0.3, -0.25) is 9.89 Å². The molecule has 0 atom stereocenters. The summed E-state index contributed by atoms with van der Waals surface area (Å²) in [4.78, 5) is 17.1. The molecule has 0 aliphatic rings. The molecule has 2 heterocycles. The fourth-order valence-electron chi connectivity index (χ4n) is 1.90. The molecule has 3 aromatic rings. The first-order valence-corrected chi connectivity index (χ1v) is 8.70. The number of nitrogens with zero attached hydrogens (tertiary/aromatic N) is 2. The lowest BCUT2D eigenvalue weighted by Gasteiger charge is -1.97. The number of rotatable bonds is 5. The van der Waals surface area contributed by atoms with Crippen molar-refractivity contribution >= 4 is 40.5 Å². The molecule has 1 N–H and O–H groups in total. The summed E-state index contributed by atoms with van der Waals surface area (Å²) in [6, 6.07) is 11.5. The fraction of sp³-hybridized carbons (Fsp3) is 0.133. The van der Waals surface area contributed by atoms with Gasteiger partial charge >= 0.3 is 0 Å². The zero-order valence-electron chi connectivity index (χ0n) is 11.7. The van der Waals surface area contributed by atoms with Crippen LogP contribution in [0.15, 0.2) is 41.6 Å². The van der Waals surface area contributed by atoms with Crippen LogP contribution in [0.1, 0.15) is 15.2 Å². The van der Waals surface area contributed by atoms with Gasteiger partial charge in [0.15, 0.2) is 11.6 Å². The van der Waals surface area contributed by atoms with Gasteiger partial charge in [0.2, 0.25) is 5.16 Å². The normalized spacial score (nSPS) is 10.8. The van der Waals surface area contributed by atoms with Crippen LogP contribution >= 0.6 is 34.7 Å². The minimum atomic E-state index is 0.0313. The smallest absolute Gasteiger partial charge is 0.209 e.